The van der Waals surface area contributed by atoms with Crippen LogP contribution in [0.4, 0.5) is 4.39 Å². The maximum absolute atomic E-state index is 12.8. The van der Waals surface area contributed by atoms with Gasteiger partial charge in [0.05, 0.1) is 5.02 Å². The van der Waals surface area contributed by atoms with E-state index >= 15 is 0 Å². The number of amides is 1. The first-order chi connectivity index (χ1) is 8.56. The first-order valence-corrected chi connectivity index (χ1v) is 6.31. The maximum Gasteiger partial charge on any atom is 0.258 e. The van der Waals surface area contributed by atoms with E-state index in [9.17, 15) is 9.18 Å². The fourth-order valence-electron chi connectivity index (χ4n) is 1.75. The van der Waals surface area contributed by atoms with Gasteiger partial charge in [0.15, 0.2) is 6.61 Å². The van der Waals surface area contributed by atoms with Crippen LogP contribution in [0.25, 0.3) is 0 Å². The minimum absolute atomic E-state index is 0.109. The van der Waals surface area contributed by atoms with E-state index in [1.54, 1.807) is 0 Å². The van der Waals surface area contributed by atoms with Crippen LogP contribution in [0, 0.1) is 11.7 Å². The predicted molar refractivity (Wildman–Crippen MR) is 67.2 cm³/mol. The fourth-order valence-corrected chi connectivity index (χ4v) is 1.97. The van der Waals surface area contributed by atoms with Gasteiger partial charge in [-0.1, -0.05) is 11.6 Å². The van der Waals surface area contributed by atoms with Crippen molar-refractivity contribution in [2.75, 3.05) is 6.61 Å². The molecule has 1 saturated carbocycles. The summed E-state index contributed by atoms with van der Waals surface area (Å²) in [5.74, 6) is 0.296. The summed E-state index contributed by atoms with van der Waals surface area (Å²) in [5, 5.41) is 3.03. The van der Waals surface area contributed by atoms with Gasteiger partial charge in [-0.05, 0) is 43.9 Å². The summed E-state index contributed by atoms with van der Waals surface area (Å²) in [4.78, 5) is 11.6. The number of hydrogen-bond donors (Lipinski definition) is 1. The van der Waals surface area contributed by atoms with Gasteiger partial charge in [-0.3, -0.25) is 4.79 Å². The zero-order valence-corrected chi connectivity index (χ0v) is 10.8. The van der Waals surface area contributed by atoms with Crippen molar-refractivity contribution in [2.24, 2.45) is 5.92 Å². The van der Waals surface area contributed by atoms with Crippen molar-refractivity contribution in [1.82, 2.24) is 5.32 Å². The third-order valence-electron chi connectivity index (χ3n) is 2.97. The van der Waals surface area contributed by atoms with Gasteiger partial charge in [0, 0.05) is 6.04 Å². The number of halogens is 2. The highest BCUT2D eigenvalue weighted by atomic mass is 35.5. The molecule has 1 aromatic rings. The van der Waals surface area contributed by atoms with Crippen LogP contribution in [0.2, 0.25) is 5.02 Å². The molecule has 98 valence electrons. The smallest absolute Gasteiger partial charge is 0.258 e. The molecule has 2 rings (SSSR count). The molecule has 0 aromatic heterocycles. The van der Waals surface area contributed by atoms with E-state index in [0.717, 1.165) is 6.07 Å². The van der Waals surface area contributed by atoms with E-state index in [1.165, 1.54) is 25.0 Å². The highest BCUT2D eigenvalue weighted by Crippen LogP contribution is 2.32. The van der Waals surface area contributed by atoms with E-state index in [-0.39, 0.29) is 23.6 Å². The molecule has 0 unspecified atom stereocenters. The number of rotatable bonds is 5. The average Bonchev–Trinajstić information content (AvgIpc) is 3.11. The first kappa shape index (κ1) is 13.1. The van der Waals surface area contributed by atoms with Crippen LogP contribution >= 0.6 is 11.6 Å². The van der Waals surface area contributed by atoms with E-state index in [2.05, 4.69) is 5.32 Å². The Bertz CT molecular complexity index is 449. The highest BCUT2D eigenvalue weighted by molar-refractivity contribution is 6.32. The van der Waals surface area contributed by atoms with E-state index < -0.39 is 5.82 Å². The number of hydrogen-bond acceptors (Lipinski definition) is 2. The standard InChI is InChI=1S/C13H15ClFNO2/c1-8(9-2-3-9)16-13(17)7-18-12-5-4-10(15)6-11(12)14/h4-6,8-9H,2-3,7H2,1H3,(H,16,17)/t8-/m0/s1. The van der Waals surface area contributed by atoms with Crippen LogP contribution in [0.1, 0.15) is 19.8 Å². The number of ether oxygens (including phenoxy) is 1. The molecule has 0 aliphatic heterocycles. The van der Waals surface area contributed by atoms with Crippen molar-refractivity contribution < 1.29 is 13.9 Å². The van der Waals surface area contributed by atoms with E-state index in [4.69, 9.17) is 16.3 Å². The van der Waals surface area contributed by atoms with Crippen LogP contribution in [-0.2, 0) is 4.79 Å². The lowest BCUT2D eigenvalue weighted by atomic mass is 10.2. The van der Waals surface area contributed by atoms with Gasteiger partial charge in [0.25, 0.3) is 5.91 Å². The highest BCUT2D eigenvalue weighted by Gasteiger charge is 2.28. The van der Waals surface area contributed by atoms with Crippen LogP contribution < -0.4 is 10.1 Å². The summed E-state index contributed by atoms with van der Waals surface area (Å²) in [5.41, 5.74) is 0. The number of nitrogens with one attached hydrogen (secondary N) is 1. The van der Waals surface area contributed by atoms with Gasteiger partial charge in [0.2, 0.25) is 0 Å². The van der Waals surface area contributed by atoms with Crippen LogP contribution in [-0.4, -0.2) is 18.6 Å². The minimum atomic E-state index is -0.431. The molecule has 1 aliphatic rings. The van der Waals surface area contributed by atoms with Gasteiger partial charge in [-0.2, -0.15) is 0 Å². The van der Waals surface area contributed by atoms with E-state index in [0.29, 0.717) is 11.7 Å². The molecule has 1 N–H and O–H groups in total. The monoisotopic (exact) mass is 271 g/mol. The molecular weight excluding hydrogens is 257 g/mol. The van der Waals surface area contributed by atoms with Crippen molar-refractivity contribution in [1.29, 1.82) is 0 Å². The zero-order chi connectivity index (χ0) is 13.1. The Hall–Kier alpha value is -1.29. The van der Waals surface area contributed by atoms with Gasteiger partial charge in [-0.15, -0.1) is 0 Å². The van der Waals surface area contributed by atoms with Crippen molar-refractivity contribution >= 4 is 17.5 Å². The van der Waals surface area contributed by atoms with Crippen molar-refractivity contribution in [2.45, 2.75) is 25.8 Å². The molecule has 0 radical (unpaired) electrons. The molecule has 0 saturated heterocycles. The third-order valence-corrected chi connectivity index (χ3v) is 3.27. The molecule has 3 nitrogen and oxygen atoms in total. The van der Waals surface area contributed by atoms with Gasteiger partial charge < -0.3 is 10.1 Å². The normalized spacial score (nSPS) is 16.2. The number of carbonyl (C=O) groups excluding carboxylic acids is 1. The van der Waals surface area contributed by atoms with Gasteiger partial charge in [-0.25, -0.2) is 4.39 Å². The predicted octanol–water partition coefficient (Wildman–Crippen LogP) is 2.77. The molecule has 0 heterocycles. The second-order valence-corrected chi connectivity index (χ2v) is 4.96. The second-order valence-electron chi connectivity index (χ2n) is 4.56. The molecule has 1 aromatic carbocycles. The lowest BCUT2D eigenvalue weighted by Gasteiger charge is -2.13. The Morgan fingerprint density at radius 1 is 1.61 bits per heavy atom. The SMILES string of the molecule is C[C@H](NC(=O)COc1ccc(F)cc1Cl)C1CC1. The largest absolute Gasteiger partial charge is 0.482 e. The summed E-state index contributed by atoms with van der Waals surface area (Å²) in [6, 6.07) is 3.99. The Balaban J connectivity index is 1.81. The lowest BCUT2D eigenvalue weighted by molar-refractivity contribution is -0.123. The maximum atomic E-state index is 12.8. The Labute approximate surface area is 110 Å². The first-order valence-electron chi connectivity index (χ1n) is 5.93. The van der Waals surface area contributed by atoms with Crippen molar-refractivity contribution in [3.8, 4) is 5.75 Å². The average molecular weight is 272 g/mol. The summed E-state index contributed by atoms with van der Waals surface area (Å²) >= 11 is 5.78. The van der Waals surface area contributed by atoms with Crippen LogP contribution in [0.5, 0.6) is 5.75 Å². The number of carbonyl (C=O) groups is 1. The molecule has 0 spiro atoms. The molecular formula is C13H15ClFNO2. The molecule has 5 heteroatoms. The minimum Gasteiger partial charge on any atom is -0.482 e. The summed E-state index contributed by atoms with van der Waals surface area (Å²) in [6.45, 7) is 1.88. The second kappa shape index (κ2) is 5.57. The summed E-state index contributed by atoms with van der Waals surface area (Å²) < 4.78 is 18.0. The quantitative estimate of drug-likeness (QED) is 0.894. The lowest BCUT2D eigenvalue weighted by Crippen LogP contribution is -2.37. The summed E-state index contributed by atoms with van der Waals surface area (Å²) in [6.07, 6.45) is 2.35. The zero-order valence-electron chi connectivity index (χ0n) is 10.1. The topological polar surface area (TPSA) is 38.3 Å². The van der Waals surface area contributed by atoms with E-state index in [1.807, 2.05) is 6.92 Å². The fraction of sp³-hybridized carbons (Fsp3) is 0.462. The van der Waals surface area contributed by atoms with Crippen LogP contribution in [0.3, 0.4) is 0 Å². The Morgan fingerprint density at radius 3 is 2.94 bits per heavy atom. The van der Waals surface area contributed by atoms with Crippen LogP contribution in [0.15, 0.2) is 18.2 Å². The molecule has 1 aliphatic carbocycles. The third kappa shape index (κ3) is 3.60. The Morgan fingerprint density at radius 2 is 2.33 bits per heavy atom. The molecule has 0 bridgehead atoms. The van der Waals surface area contributed by atoms with Crippen molar-refractivity contribution in [3.05, 3.63) is 29.0 Å². The molecule has 1 fully saturated rings. The number of benzene rings is 1. The van der Waals surface area contributed by atoms with Gasteiger partial charge in [0.1, 0.15) is 11.6 Å². The molecule has 18 heavy (non-hydrogen) atoms. The molecule has 1 amide bonds. The summed E-state index contributed by atoms with van der Waals surface area (Å²) in [7, 11) is 0. The van der Waals surface area contributed by atoms with Crippen molar-refractivity contribution in [3.63, 3.8) is 0 Å². The Kier molecular flexibility index (Phi) is 4.07. The molecule has 1 atom stereocenters. The van der Waals surface area contributed by atoms with Gasteiger partial charge >= 0.3 is 0 Å².